The maximum atomic E-state index is 13.8. The van der Waals surface area contributed by atoms with E-state index in [0.717, 1.165) is 12.8 Å². The number of halogens is 3. The van der Waals surface area contributed by atoms with Crippen LogP contribution in [0.3, 0.4) is 0 Å². The molecule has 0 aromatic heterocycles. The number of rotatable bonds is 10. The zero-order chi connectivity index (χ0) is 22.1. The molecule has 5 nitrogen and oxygen atoms in total. The Morgan fingerprint density at radius 3 is 2.57 bits per heavy atom. The lowest BCUT2D eigenvalue weighted by molar-refractivity contribution is -0.142. The summed E-state index contributed by atoms with van der Waals surface area (Å²) in [7, 11) is 0. The van der Waals surface area contributed by atoms with E-state index >= 15 is 0 Å². The average Bonchev–Trinajstić information content (AvgIpc) is 2.73. The highest BCUT2D eigenvalue weighted by Crippen LogP contribution is 2.24. The van der Waals surface area contributed by atoms with Crippen LogP contribution in [-0.2, 0) is 16.1 Å². The summed E-state index contributed by atoms with van der Waals surface area (Å²) < 4.78 is 19.1. The van der Waals surface area contributed by atoms with E-state index in [9.17, 15) is 14.0 Å². The number of nitrogens with one attached hydrogen (secondary N) is 1. The van der Waals surface area contributed by atoms with E-state index in [0.29, 0.717) is 22.2 Å². The van der Waals surface area contributed by atoms with E-state index in [-0.39, 0.29) is 18.2 Å². The number of carbonyl (C=O) groups is 2. The van der Waals surface area contributed by atoms with Gasteiger partial charge in [0.15, 0.2) is 18.2 Å². The first-order valence-corrected chi connectivity index (χ1v) is 10.5. The summed E-state index contributed by atoms with van der Waals surface area (Å²) in [5.41, 5.74) is 0.705. The van der Waals surface area contributed by atoms with Crippen molar-refractivity contribution < 1.29 is 18.7 Å². The smallest absolute Gasteiger partial charge is 0.261 e. The molecular weight excluding hydrogens is 430 g/mol. The minimum atomic E-state index is -0.756. The number of nitrogens with zero attached hydrogens (tertiary/aromatic N) is 1. The number of carbonyl (C=O) groups excluding carboxylic acids is 2. The number of hydrogen-bond donors (Lipinski definition) is 1. The summed E-state index contributed by atoms with van der Waals surface area (Å²) in [5, 5.41) is 3.57. The van der Waals surface area contributed by atoms with Gasteiger partial charge >= 0.3 is 0 Å². The van der Waals surface area contributed by atoms with Gasteiger partial charge in [0.25, 0.3) is 5.91 Å². The number of para-hydroxylation sites is 1. The molecule has 0 saturated heterocycles. The molecule has 2 amide bonds. The maximum Gasteiger partial charge on any atom is 0.261 e. The molecule has 2 aromatic rings. The van der Waals surface area contributed by atoms with Crippen LogP contribution in [0, 0.1) is 5.82 Å². The van der Waals surface area contributed by atoms with E-state index in [4.69, 9.17) is 27.9 Å². The fraction of sp³-hybridized carbons (Fsp3) is 0.364. The van der Waals surface area contributed by atoms with Gasteiger partial charge in [-0.05, 0) is 43.2 Å². The lowest BCUT2D eigenvalue weighted by Gasteiger charge is -2.29. The van der Waals surface area contributed by atoms with Crippen LogP contribution in [-0.4, -0.2) is 35.9 Å². The Kier molecular flexibility index (Phi) is 9.40. The normalized spacial score (nSPS) is 11.6. The van der Waals surface area contributed by atoms with Crippen molar-refractivity contribution in [1.29, 1.82) is 0 Å². The van der Waals surface area contributed by atoms with E-state index < -0.39 is 24.4 Å². The molecule has 0 aliphatic heterocycles. The monoisotopic (exact) mass is 454 g/mol. The van der Waals surface area contributed by atoms with Gasteiger partial charge in [0.2, 0.25) is 5.91 Å². The molecule has 0 saturated carbocycles. The highest BCUT2D eigenvalue weighted by molar-refractivity contribution is 6.42. The van der Waals surface area contributed by atoms with Gasteiger partial charge in [0.05, 0.1) is 10.0 Å². The fourth-order valence-corrected chi connectivity index (χ4v) is 3.06. The van der Waals surface area contributed by atoms with Crippen molar-refractivity contribution >= 4 is 35.0 Å². The van der Waals surface area contributed by atoms with Gasteiger partial charge in [0.1, 0.15) is 6.04 Å². The third-order valence-electron chi connectivity index (χ3n) is 4.52. The van der Waals surface area contributed by atoms with E-state index in [2.05, 4.69) is 5.32 Å². The molecule has 0 aliphatic rings. The average molecular weight is 455 g/mol. The van der Waals surface area contributed by atoms with Gasteiger partial charge in [0, 0.05) is 13.1 Å². The van der Waals surface area contributed by atoms with Crippen LogP contribution in [0.2, 0.25) is 10.0 Å². The van der Waals surface area contributed by atoms with Crippen molar-refractivity contribution in [3.8, 4) is 5.75 Å². The quantitative estimate of drug-likeness (QED) is 0.522. The molecule has 0 aliphatic carbocycles. The first-order chi connectivity index (χ1) is 14.3. The molecule has 1 atom stereocenters. The minimum Gasteiger partial charge on any atom is -0.481 e. The highest BCUT2D eigenvalue weighted by atomic mass is 35.5. The molecular formula is C22H25Cl2FN2O3. The zero-order valence-electron chi connectivity index (χ0n) is 17.0. The lowest BCUT2D eigenvalue weighted by Crippen LogP contribution is -2.49. The SMILES string of the molecule is CCCCNC(=O)C(C)N(Cc1ccc(Cl)c(Cl)c1)C(=O)COc1ccccc1F. The zero-order valence-corrected chi connectivity index (χ0v) is 18.5. The summed E-state index contributed by atoms with van der Waals surface area (Å²) in [6.07, 6.45) is 1.78. The fourth-order valence-electron chi connectivity index (χ4n) is 2.74. The Morgan fingerprint density at radius 1 is 1.17 bits per heavy atom. The van der Waals surface area contributed by atoms with Gasteiger partial charge in [-0.1, -0.05) is 54.7 Å². The van der Waals surface area contributed by atoms with Crippen LogP contribution in [0.25, 0.3) is 0 Å². The molecule has 2 aromatic carbocycles. The largest absolute Gasteiger partial charge is 0.481 e. The van der Waals surface area contributed by atoms with Crippen molar-refractivity contribution in [3.05, 3.63) is 63.9 Å². The predicted octanol–water partition coefficient (Wildman–Crippen LogP) is 4.84. The number of amides is 2. The lowest BCUT2D eigenvalue weighted by atomic mass is 10.1. The molecule has 0 radical (unpaired) electrons. The summed E-state index contributed by atoms with van der Waals surface area (Å²) in [5.74, 6) is -1.32. The van der Waals surface area contributed by atoms with Crippen LogP contribution >= 0.6 is 23.2 Å². The van der Waals surface area contributed by atoms with Gasteiger partial charge in [-0.2, -0.15) is 0 Å². The first kappa shape index (κ1) is 24.0. The molecule has 1 unspecified atom stereocenters. The van der Waals surface area contributed by atoms with E-state index in [1.807, 2.05) is 6.92 Å². The molecule has 0 fully saturated rings. The van der Waals surface area contributed by atoms with Crippen molar-refractivity contribution in [2.24, 2.45) is 0 Å². The van der Waals surface area contributed by atoms with Gasteiger partial charge < -0.3 is 15.0 Å². The van der Waals surface area contributed by atoms with Crippen LogP contribution in [0.1, 0.15) is 32.3 Å². The molecule has 162 valence electrons. The van der Waals surface area contributed by atoms with Crippen molar-refractivity contribution in [2.45, 2.75) is 39.3 Å². The van der Waals surface area contributed by atoms with Crippen molar-refractivity contribution in [2.75, 3.05) is 13.2 Å². The second kappa shape index (κ2) is 11.8. The second-order valence-corrected chi connectivity index (χ2v) is 7.62. The van der Waals surface area contributed by atoms with Gasteiger partial charge in [-0.3, -0.25) is 9.59 Å². The van der Waals surface area contributed by atoms with Crippen molar-refractivity contribution in [3.63, 3.8) is 0 Å². The Bertz CT molecular complexity index is 879. The first-order valence-electron chi connectivity index (χ1n) is 9.72. The maximum absolute atomic E-state index is 13.8. The van der Waals surface area contributed by atoms with Crippen LogP contribution in [0.4, 0.5) is 4.39 Å². The summed E-state index contributed by atoms with van der Waals surface area (Å²) in [4.78, 5) is 26.8. The molecule has 1 N–H and O–H groups in total. The van der Waals surface area contributed by atoms with Crippen LogP contribution in [0.5, 0.6) is 5.75 Å². The Labute approximate surface area is 186 Å². The predicted molar refractivity (Wildman–Crippen MR) is 116 cm³/mol. The molecule has 0 spiro atoms. The molecule has 0 bridgehead atoms. The van der Waals surface area contributed by atoms with Gasteiger partial charge in [-0.15, -0.1) is 0 Å². The Hall–Kier alpha value is -2.31. The topological polar surface area (TPSA) is 58.6 Å². The minimum absolute atomic E-state index is 0.0274. The Morgan fingerprint density at radius 2 is 1.90 bits per heavy atom. The standard InChI is InChI=1S/C22H25Cl2FN2O3/c1-3-4-11-26-22(29)15(2)27(13-16-9-10-17(23)18(24)12-16)21(28)14-30-20-8-6-5-7-19(20)25/h5-10,12,15H,3-4,11,13-14H2,1-2H3,(H,26,29). The molecule has 8 heteroatoms. The third kappa shape index (κ3) is 6.89. The summed E-state index contributed by atoms with van der Waals surface area (Å²) in [6.45, 7) is 3.91. The van der Waals surface area contributed by atoms with Crippen molar-refractivity contribution in [1.82, 2.24) is 10.2 Å². The number of benzene rings is 2. The van der Waals surface area contributed by atoms with Crippen LogP contribution < -0.4 is 10.1 Å². The molecule has 30 heavy (non-hydrogen) atoms. The number of ether oxygens (including phenoxy) is 1. The summed E-state index contributed by atoms with van der Waals surface area (Å²) >= 11 is 12.0. The Balaban J connectivity index is 2.15. The second-order valence-electron chi connectivity index (χ2n) is 6.81. The molecule has 2 rings (SSSR count). The van der Waals surface area contributed by atoms with E-state index in [1.54, 1.807) is 31.2 Å². The van der Waals surface area contributed by atoms with Gasteiger partial charge in [-0.25, -0.2) is 4.39 Å². The number of unbranched alkanes of at least 4 members (excludes halogenated alkanes) is 1. The van der Waals surface area contributed by atoms with Crippen LogP contribution in [0.15, 0.2) is 42.5 Å². The molecule has 0 heterocycles. The van der Waals surface area contributed by atoms with E-state index in [1.165, 1.54) is 23.1 Å². The summed E-state index contributed by atoms with van der Waals surface area (Å²) in [6, 6.07) is 10.1. The third-order valence-corrected chi connectivity index (χ3v) is 5.26. The highest BCUT2D eigenvalue weighted by Gasteiger charge is 2.26. The number of hydrogen-bond acceptors (Lipinski definition) is 3.